The summed E-state index contributed by atoms with van der Waals surface area (Å²) in [5, 5.41) is 0. The van der Waals surface area contributed by atoms with Crippen molar-refractivity contribution >= 4 is 0 Å². The fourth-order valence-electron chi connectivity index (χ4n) is 1.81. The lowest BCUT2D eigenvalue weighted by molar-refractivity contribution is 0.437. The standard InChI is InChI=1S/C12H19N/c1-10(13)9-12(2,3)11-7-5-4-6-8-11/h4-8,10H,9,13H2,1-3H3/t10-/m0/s1. The second-order valence-electron chi connectivity index (χ2n) is 4.43. The fraction of sp³-hybridized carbons (Fsp3) is 0.500. The average molecular weight is 177 g/mol. The van der Waals surface area contributed by atoms with Gasteiger partial charge in [0, 0.05) is 6.04 Å². The Morgan fingerprint density at radius 1 is 1.23 bits per heavy atom. The Morgan fingerprint density at radius 3 is 2.23 bits per heavy atom. The summed E-state index contributed by atoms with van der Waals surface area (Å²) in [6, 6.07) is 10.8. The second kappa shape index (κ2) is 3.93. The van der Waals surface area contributed by atoms with E-state index in [4.69, 9.17) is 5.73 Å². The third-order valence-corrected chi connectivity index (χ3v) is 2.39. The van der Waals surface area contributed by atoms with Crippen LogP contribution in [0.2, 0.25) is 0 Å². The van der Waals surface area contributed by atoms with E-state index in [1.54, 1.807) is 0 Å². The van der Waals surface area contributed by atoms with Crippen LogP contribution in [0.5, 0.6) is 0 Å². The molecule has 1 rings (SSSR count). The van der Waals surface area contributed by atoms with E-state index < -0.39 is 0 Å². The van der Waals surface area contributed by atoms with Gasteiger partial charge in [0.1, 0.15) is 0 Å². The van der Waals surface area contributed by atoms with Gasteiger partial charge in [0.15, 0.2) is 0 Å². The van der Waals surface area contributed by atoms with Crippen LogP contribution in [-0.2, 0) is 5.41 Å². The van der Waals surface area contributed by atoms with Gasteiger partial charge in [0.05, 0.1) is 0 Å². The molecule has 0 saturated carbocycles. The summed E-state index contributed by atoms with van der Waals surface area (Å²) in [5.74, 6) is 0. The zero-order valence-electron chi connectivity index (χ0n) is 8.75. The predicted octanol–water partition coefficient (Wildman–Crippen LogP) is 2.70. The maximum Gasteiger partial charge on any atom is 0.00187 e. The SMILES string of the molecule is C[C@H](N)CC(C)(C)c1ccccc1. The molecule has 0 aliphatic rings. The van der Waals surface area contributed by atoms with E-state index in [-0.39, 0.29) is 11.5 Å². The van der Waals surface area contributed by atoms with Gasteiger partial charge in [-0.3, -0.25) is 0 Å². The second-order valence-corrected chi connectivity index (χ2v) is 4.43. The Bertz CT molecular complexity index is 249. The summed E-state index contributed by atoms with van der Waals surface area (Å²) in [5.41, 5.74) is 7.37. The summed E-state index contributed by atoms with van der Waals surface area (Å²) in [7, 11) is 0. The van der Waals surface area contributed by atoms with Crippen LogP contribution in [0.1, 0.15) is 32.8 Å². The molecule has 0 radical (unpaired) electrons. The summed E-state index contributed by atoms with van der Waals surface area (Å²) in [4.78, 5) is 0. The van der Waals surface area contributed by atoms with Gasteiger partial charge in [-0.15, -0.1) is 0 Å². The van der Waals surface area contributed by atoms with Crippen molar-refractivity contribution in [1.29, 1.82) is 0 Å². The smallest absolute Gasteiger partial charge is 0.00187 e. The summed E-state index contributed by atoms with van der Waals surface area (Å²) < 4.78 is 0. The quantitative estimate of drug-likeness (QED) is 0.754. The summed E-state index contributed by atoms with van der Waals surface area (Å²) in [6.45, 7) is 6.54. The monoisotopic (exact) mass is 177 g/mol. The molecule has 2 N–H and O–H groups in total. The van der Waals surface area contributed by atoms with Crippen LogP contribution < -0.4 is 5.73 Å². The number of nitrogens with two attached hydrogens (primary N) is 1. The first-order chi connectivity index (χ1) is 6.02. The van der Waals surface area contributed by atoms with Crippen LogP contribution in [0.3, 0.4) is 0 Å². The molecular weight excluding hydrogens is 158 g/mol. The molecule has 0 fully saturated rings. The molecule has 72 valence electrons. The summed E-state index contributed by atoms with van der Waals surface area (Å²) in [6.07, 6.45) is 1.02. The first-order valence-electron chi connectivity index (χ1n) is 4.83. The highest BCUT2D eigenvalue weighted by Gasteiger charge is 2.21. The molecule has 0 aliphatic heterocycles. The van der Waals surface area contributed by atoms with Gasteiger partial charge in [-0.05, 0) is 24.3 Å². The van der Waals surface area contributed by atoms with E-state index in [2.05, 4.69) is 45.0 Å². The molecule has 0 amide bonds. The van der Waals surface area contributed by atoms with Crippen molar-refractivity contribution < 1.29 is 0 Å². The normalized spacial score (nSPS) is 14.2. The molecule has 0 saturated heterocycles. The van der Waals surface area contributed by atoms with Crippen LogP contribution in [0, 0.1) is 0 Å². The van der Waals surface area contributed by atoms with Crippen LogP contribution in [0.4, 0.5) is 0 Å². The Morgan fingerprint density at radius 2 is 1.77 bits per heavy atom. The van der Waals surface area contributed by atoms with Crippen LogP contribution in [-0.4, -0.2) is 6.04 Å². The topological polar surface area (TPSA) is 26.0 Å². The number of hydrogen-bond donors (Lipinski definition) is 1. The van der Waals surface area contributed by atoms with E-state index in [1.807, 2.05) is 6.07 Å². The lowest BCUT2D eigenvalue weighted by atomic mass is 9.79. The van der Waals surface area contributed by atoms with Crippen molar-refractivity contribution in [3.63, 3.8) is 0 Å². The molecule has 0 aromatic heterocycles. The van der Waals surface area contributed by atoms with E-state index in [0.717, 1.165) is 6.42 Å². The highest BCUT2D eigenvalue weighted by atomic mass is 14.6. The van der Waals surface area contributed by atoms with Gasteiger partial charge in [-0.25, -0.2) is 0 Å². The van der Waals surface area contributed by atoms with Gasteiger partial charge in [0.2, 0.25) is 0 Å². The van der Waals surface area contributed by atoms with Gasteiger partial charge in [-0.2, -0.15) is 0 Å². The Labute approximate surface area is 81.0 Å². The van der Waals surface area contributed by atoms with E-state index >= 15 is 0 Å². The first kappa shape index (κ1) is 10.3. The molecule has 1 aromatic carbocycles. The maximum atomic E-state index is 5.82. The lowest BCUT2D eigenvalue weighted by Crippen LogP contribution is -2.28. The maximum absolute atomic E-state index is 5.82. The van der Waals surface area contributed by atoms with Crippen LogP contribution in [0.25, 0.3) is 0 Å². The van der Waals surface area contributed by atoms with Gasteiger partial charge in [-0.1, -0.05) is 44.2 Å². The molecule has 0 aliphatic carbocycles. The van der Waals surface area contributed by atoms with E-state index in [0.29, 0.717) is 0 Å². The molecular formula is C12H19N. The minimum atomic E-state index is 0.190. The number of benzene rings is 1. The average Bonchev–Trinajstić information content (AvgIpc) is 2.04. The first-order valence-corrected chi connectivity index (χ1v) is 4.83. The lowest BCUT2D eigenvalue weighted by Gasteiger charge is -2.27. The Kier molecular flexibility index (Phi) is 3.10. The molecule has 1 nitrogen and oxygen atoms in total. The third-order valence-electron chi connectivity index (χ3n) is 2.39. The van der Waals surface area contributed by atoms with Crippen LogP contribution in [0.15, 0.2) is 30.3 Å². The van der Waals surface area contributed by atoms with E-state index in [1.165, 1.54) is 5.56 Å². The minimum Gasteiger partial charge on any atom is -0.328 e. The number of rotatable bonds is 3. The highest BCUT2D eigenvalue weighted by Crippen LogP contribution is 2.27. The Hall–Kier alpha value is -0.820. The molecule has 0 bridgehead atoms. The van der Waals surface area contributed by atoms with Crippen molar-refractivity contribution in [2.24, 2.45) is 5.73 Å². The molecule has 0 unspecified atom stereocenters. The van der Waals surface area contributed by atoms with Gasteiger partial charge < -0.3 is 5.73 Å². The van der Waals surface area contributed by atoms with Gasteiger partial charge in [0.25, 0.3) is 0 Å². The fourth-order valence-corrected chi connectivity index (χ4v) is 1.81. The van der Waals surface area contributed by atoms with Crippen molar-refractivity contribution in [3.05, 3.63) is 35.9 Å². The third kappa shape index (κ3) is 2.85. The zero-order chi connectivity index (χ0) is 9.90. The van der Waals surface area contributed by atoms with Crippen LogP contribution >= 0.6 is 0 Å². The van der Waals surface area contributed by atoms with Crippen molar-refractivity contribution in [2.75, 3.05) is 0 Å². The minimum absolute atomic E-state index is 0.190. The molecule has 1 aromatic rings. The Balaban J connectivity index is 2.81. The van der Waals surface area contributed by atoms with Gasteiger partial charge >= 0.3 is 0 Å². The summed E-state index contributed by atoms with van der Waals surface area (Å²) >= 11 is 0. The van der Waals surface area contributed by atoms with Crippen molar-refractivity contribution in [1.82, 2.24) is 0 Å². The number of hydrogen-bond acceptors (Lipinski definition) is 1. The van der Waals surface area contributed by atoms with E-state index in [9.17, 15) is 0 Å². The largest absolute Gasteiger partial charge is 0.328 e. The predicted molar refractivity (Wildman–Crippen MR) is 57.7 cm³/mol. The molecule has 0 spiro atoms. The van der Waals surface area contributed by atoms with Crippen molar-refractivity contribution in [2.45, 2.75) is 38.6 Å². The zero-order valence-corrected chi connectivity index (χ0v) is 8.75. The van der Waals surface area contributed by atoms with Crippen molar-refractivity contribution in [3.8, 4) is 0 Å². The molecule has 13 heavy (non-hydrogen) atoms. The molecule has 0 heterocycles. The highest BCUT2D eigenvalue weighted by molar-refractivity contribution is 5.23. The molecule has 1 heteroatoms. The molecule has 1 atom stereocenters.